The second-order valence-corrected chi connectivity index (χ2v) is 6.23. The molecule has 22 heavy (non-hydrogen) atoms. The highest BCUT2D eigenvalue weighted by molar-refractivity contribution is 7.09. The lowest BCUT2D eigenvalue weighted by Gasteiger charge is -2.23. The van der Waals surface area contributed by atoms with Gasteiger partial charge < -0.3 is 4.90 Å². The summed E-state index contributed by atoms with van der Waals surface area (Å²) in [5.74, 6) is -0.364. The molecule has 114 valence electrons. The van der Waals surface area contributed by atoms with Crippen molar-refractivity contribution in [2.75, 3.05) is 20.6 Å². The summed E-state index contributed by atoms with van der Waals surface area (Å²) in [4.78, 5) is 11.0. The predicted octanol–water partition coefficient (Wildman–Crippen LogP) is 3.43. The summed E-state index contributed by atoms with van der Waals surface area (Å²) in [6.45, 7) is 2.56. The minimum Gasteiger partial charge on any atom is -0.301 e. The molecule has 1 heterocycles. The van der Waals surface area contributed by atoms with Gasteiger partial charge in [0.05, 0.1) is 18.7 Å². The van der Waals surface area contributed by atoms with Gasteiger partial charge in [-0.2, -0.15) is 5.26 Å². The predicted molar refractivity (Wildman–Crippen MR) is 91.4 cm³/mol. The number of likely N-dealkylation sites (N-methyl/N-ethyl adjacent to an activating group) is 1. The van der Waals surface area contributed by atoms with Crippen molar-refractivity contribution in [1.29, 1.82) is 5.26 Å². The Labute approximate surface area is 135 Å². The molecule has 0 saturated heterocycles. The van der Waals surface area contributed by atoms with Gasteiger partial charge in [0.1, 0.15) is 10.9 Å². The van der Waals surface area contributed by atoms with Crippen molar-refractivity contribution >= 4 is 17.6 Å². The number of hydrogen-bond donors (Lipinski definition) is 0. The van der Waals surface area contributed by atoms with Crippen molar-refractivity contribution in [1.82, 2.24) is 9.88 Å². The van der Waals surface area contributed by atoms with Crippen molar-refractivity contribution < 1.29 is 0 Å². The molecule has 1 aromatic carbocycles. The van der Waals surface area contributed by atoms with Gasteiger partial charge in [-0.05, 0) is 26.6 Å². The molecular formula is C17H20N4S. The SMILES string of the molecule is Cc1csc([C@H](C#N)C=NC[C@H](c2ccccc2)N(C)C)n1. The monoisotopic (exact) mass is 312 g/mol. The lowest BCUT2D eigenvalue weighted by Crippen LogP contribution is -2.22. The topological polar surface area (TPSA) is 52.3 Å². The van der Waals surface area contributed by atoms with Crippen LogP contribution in [-0.4, -0.2) is 36.7 Å². The molecule has 2 atom stereocenters. The molecular weight excluding hydrogens is 292 g/mol. The summed E-state index contributed by atoms with van der Waals surface area (Å²) in [7, 11) is 4.08. The van der Waals surface area contributed by atoms with Gasteiger partial charge in [0.25, 0.3) is 0 Å². The number of aliphatic imine (C=N–C) groups is 1. The first-order valence-electron chi connectivity index (χ1n) is 7.14. The zero-order valence-corrected chi connectivity index (χ0v) is 13.9. The standard InChI is InChI=1S/C17H20N4S/c1-13-12-22-17(20-13)15(9-18)10-19-11-16(21(2)3)14-7-5-4-6-8-14/h4-8,10,12,15-16H,11H2,1-3H3/t15-,16-/m1/s1. The van der Waals surface area contributed by atoms with Crippen molar-refractivity contribution in [2.24, 2.45) is 4.99 Å². The molecule has 0 fully saturated rings. The van der Waals surface area contributed by atoms with Crippen LogP contribution in [0.3, 0.4) is 0 Å². The number of rotatable bonds is 6. The summed E-state index contributed by atoms with van der Waals surface area (Å²) in [5.41, 5.74) is 2.17. The number of thiazole rings is 1. The molecule has 0 spiro atoms. The fourth-order valence-electron chi connectivity index (χ4n) is 2.18. The molecule has 0 aliphatic heterocycles. The number of aryl methyl sites for hydroxylation is 1. The number of nitrogens with zero attached hydrogens (tertiary/aromatic N) is 4. The van der Waals surface area contributed by atoms with E-state index in [0.29, 0.717) is 6.54 Å². The molecule has 0 radical (unpaired) electrons. The quantitative estimate of drug-likeness (QED) is 0.768. The van der Waals surface area contributed by atoms with E-state index in [9.17, 15) is 5.26 Å². The second kappa shape index (κ2) is 7.83. The van der Waals surface area contributed by atoms with E-state index in [1.165, 1.54) is 16.9 Å². The van der Waals surface area contributed by atoms with Crippen LogP contribution in [0.25, 0.3) is 0 Å². The fourth-order valence-corrected chi connectivity index (χ4v) is 2.98. The van der Waals surface area contributed by atoms with Crippen molar-refractivity contribution in [3.05, 3.63) is 52.0 Å². The van der Waals surface area contributed by atoms with Crippen LogP contribution in [0.2, 0.25) is 0 Å². The summed E-state index contributed by atoms with van der Waals surface area (Å²) in [6, 6.07) is 12.7. The lowest BCUT2D eigenvalue weighted by molar-refractivity contribution is 0.307. The molecule has 0 unspecified atom stereocenters. The Morgan fingerprint density at radius 1 is 1.36 bits per heavy atom. The Hall–Kier alpha value is -2.03. The number of nitriles is 1. The molecule has 0 N–H and O–H groups in total. The van der Waals surface area contributed by atoms with Crippen LogP contribution in [0.5, 0.6) is 0 Å². The first kappa shape index (κ1) is 16.3. The molecule has 2 rings (SSSR count). The first-order valence-corrected chi connectivity index (χ1v) is 8.02. The van der Waals surface area contributed by atoms with E-state index in [0.717, 1.165) is 10.7 Å². The van der Waals surface area contributed by atoms with Gasteiger partial charge >= 0.3 is 0 Å². The van der Waals surface area contributed by atoms with Crippen LogP contribution in [0.1, 0.15) is 28.2 Å². The lowest BCUT2D eigenvalue weighted by atomic mass is 10.1. The van der Waals surface area contributed by atoms with Crippen LogP contribution in [-0.2, 0) is 0 Å². The van der Waals surface area contributed by atoms with Gasteiger partial charge in [0.2, 0.25) is 0 Å². The van der Waals surface area contributed by atoms with E-state index in [2.05, 4.69) is 33.1 Å². The maximum absolute atomic E-state index is 9.30. The first-order chi connectivity index (χ1) is 10.6. The Balaban J connectivity index is 2.07. The Morgan fingerprint density at radius 2 is 2.09 bits per heavy atom. The van der Waals surface area contributed by atoms with Gasteiger partial charge in [0, 0.05) is 17.3 Å². The van der Waals surface area contributed by atoms with Crippen LogP contribution in [0.15, 0.2) is 40.7 Å². The molecule has 0 aliphatic rings. The summed E-state index contributed by atoms with van der Waals surface area (Å²) in [6.07, 6.45) is 1.72. The van der Waals surface area contributed by atoms with E-state index in [-0.39, 0.29) is 12.0 Å². The van der Waals surface area contributed by atoms with Gasteiger partial charge in [0.15, 0.2) is 0 Å². The van der Waals surface area contributed by atoms with Gasteiger partial charge in [-0.15, -0.1) is 11.3 Å². The molecule has 0 aliphatic carbocycles. The van der Waals surface area contributed by atoms with Crippen LogP contribution in [0.4, 0.5) is 0 Å². The average molecular weight is 312 g/mol. The zero-order valence-electron chi connectivity index (χ0n) is 13.1. The zero-order chi connectivity index (χ0) is 15.9. The van der Waals surface area contributed by atoms with E-state index in [1.54, 1.807) is 6.21 Å². The highest BCUT2D eigenvalue weighted by Gasteiger charge is 2.14. The third-order valence-corrected chi connectivity index (χ3v) is 4.43. The van der Waals surface area contributed by atoms with Crippen LogP contribution in [0, 0.1) is 18.3 Å². The molecule has 0 saturated carbocycles. The molecule has 0 bridgehead atoms. The largest absolute Gasteiger partial charge is 0.301 e. The summed E-state index contributed by atoms with van der Waals surface area (Å²) < 4.78 is 0. The summed E-state index contributed by atoms with van der Waals surface area (Å²) in [5, 5.41) is 12.1. The highest BCUT2D eigenvalue weighted by atomic mass is 32.1. The summed E-state index contributed by atoms with van der Waals surface area (Å²) >= 11 is 1.51. The molecule has 4 nitrogen and oxygen atoms in total. The Kier molecular flexibility index (Phi) is 5.82. The highest BCUT2D eigenvalue weighted by Crippen LogP contribution is 2.20. The maximum atomic E-state index is 9.30. The molecule has 5 heteroatoms. The third-order valence-electron chi connectivity index (χ3n) is 3.38. The van der Waals surface area contributed by atoms with Crippen LogP contribution < -0.4 is 0 Å². The number of aromatic nitrogens is 1. The van der Waals surface area contributed by atoms with E-state index in [1.807, 2.05) is 44.6 Å². The van der Waals surface area contributed by atoms with E-state index < -0.39 is 0 Å². The maximum Gasteiger partial charge on any atom is 0.133 e. The normalized spacial score (nSPS) is 14.1. The average Bonchev–Trinajstić information content (AvgIpc) is 2.94. The molecule has 0 amide bonds. The third kappa shape index (κ3) is 4.23. The number of benzene rings is 1. The fraction of sp³-hybridized carbons (Fsp3) is 0.353. The minimum atomic E-state index is -0.364. The molecule has 2 aromatic rings. The second-order valence-electron chi connectivity index (χ2n) is 5.34. The Morgan fingerprint density at radius 3 is 2.64 bits per heavy atom. The molecule has 1 aromatic heterocycles. The van der Waals surface area contributed by atoms with Crippen molar-refractivity contribution in [3.63, 3.8) is 0 Å². The Bertz CT molecular complexity index is 655. The smallest absolute Gasteiger partial charge is 0.133 e. The number of hydrogen-bond acceptors (Lipinski definition) is 5. The van der Waals surface area contributed by atoms with Crippen LogP contribution >= 0.6 is 11.3 Å². The van der Waals surface area contributed by atoms with Gasteiger partial charge in [-0.25, -0.2) is 4.98 Å². The van der Waals surface area contributed by atoms with Gasteiger partial charge in [-0.3, -0.25) is 4.99 Å². The minimum absolute atomic E-state index is 0.204. The van der Waals surface area contributed by atoms with E-state index in [4.69, 9.17) is 0 Å². The van der Waals surface area contributed by atoms with E-state index >= 15 is 0 Å². The van der Waals surface area contributed by atoms with Gasteiger partial charge in [-0.1, -0.05) is 30.3 Å². The van der Waals surface area contributed by atoms with Crippen molar-refractivity contribution in [2.45, 2.75) is 18.9 Å². The van der Waals surface area contributed by atoms with Crippen molar-refractivity contribution in [3.8, 4) is 6.07 Å².